The molecule has 0 saturated carbocycles. The van der Waals surface area contributed by atoms with Gasteiger partial charge in [0.15, 0.2) is 0 Å². The quantitative estimate of drug-likeness (QED) is 0.379. The number of amides is 1. The molecule has 4 rings (SSSR count). The minimum absolute atomic E-state index is 0.00779. The summed E-state index contributed by atoms with van der Waals surface area (Å²) in [7, 11) is 0. The summed E-state index contributed by atoms with van der Waals surface area (Å²) < 4.78 is 0. The molecule has 0 atom stereocenters. The summed E-state index contributed by atoms with van der Waals surface area (Å²) in [6.45, 7) is 6.72. The minimum atomic E-state index is -0.00779. The first kappa shape index (κ1) is 21.0. The fraction of sp³-hybridized carbons (Fsp3) is 0.240. The molecule has 0 unspecified atom stereocenters. The van der Waals surface area contributed by atoms with Gasteiger partial charge in [-0.1, -0.05) is 55.5 Å². The summed E-state index contributed by atoms with van der Waals surface area (Å²) in [4.78, 5) is 23.7. The van der Waals surface area contributed by atoms with Gasteiger partial charge in [-0.3, -0.25) is 4.79 Å². The van der Waals surface area contributed by atoms with E-state index in [1.807, 2.05) is 37.3 Å². The zero-order valence-electron chi connectivity index (χ0n) is 18.0. The van der Waals surface area contributed by atoms with Crippen LogP contribution < -0.4 is 10.6 Å². The smallest absolute Gasteiger partial charge is 0.226 e. The van der Waals surface area contributed by atoms with Crippen molar-refractivity contribution in [2.45, 2.75) is 33.6 Å². The van der Waals surface area contributed by atoms with Crippen molar-refractivity contribution in [3.63, 3.8) is 0 Å². The van der Waals surface area contributed by atoms with Crippen molar-refractivity contribution in [3.05, 3.63) is 70.9 Å². The van der Waals surface area contributed by atoms with Gasteiger partial charge in [-0.25, -0.2) is 9.97 Å². The molecule has 2 aromatic heterocycles. The van der Waals surface area contributed by atoms with Gasteiger partial charge in [0.05, 0.1) is 5.39 Å². The Morgan fingerprint density at radius 3 is 2.61 bits per heavy atom. The molecular weight excluding hydrogens is 404 g/mol. The highest BCUT2D eigenvalue weighted by Crippen LogP contribution is 2.40. The summed E-state index contributed by atoms with van der Waals surface area (Å²) in [6.07, 6.45) is 2.82. The van der Waals surface area contributed by atoms with Gasteiger partial charge >= 0.3 is 0 Å². The second kappa shape index (κ2) is 9.27. The number of aromatic nitrogens is 2. The Kier molecular flexibility index (Phi) is 6.28. The van der Waals surface area contributed by atoms with Crippen LogP contribution in [-0.2, 0) is 11.2 Å². The van der Waals surface area contributed by atoms with Crippen LogP contribution in [0.4, 0.5) is 11.5 Å². The van der Waals surface area contributed by atoms with Gasteiger partial charge in [-0.2, -0.15) is 0 Å². The van der Waals surface area contributed by atoms with E-state index in [4.69, 9.17) is 0 Å². The van der Waals surface area contributed by atoms with Crippen molar-refractivity contribution in [1.29, 1.82) is 0 Å². The Morgan fingerprint density at radius 1 is 1.03 bits per heavy atom. The molecule has 1 amide bonds. The Bertz CT molecular complexity index is 1220. The summed E-state index contributed by atoms with van der Waals surface area (Å²) >= 11 is 1.66. The molecule has 2 aromatic carbocycles. The summed E-state index contributed by atoms with van der Waals surface area (Å²) in [5, 5.41) is 7.47. The third-order valence-corrected chi connectivity index (χ3v) is 6.39. The Balaban J connectivity index is 1.51. The van der Waals surface area contributed by atoms with E-state index in [9.17, 15) is 4.79 Å². The van der Waals surface area contributed by atoms with Gasteiger partial charge in [0.25, 0.3) is 0 Å². The van der Waals surface area contributed by atoms with E-state index in [1.165, 1.54) is 4.88 Å². The summed E-state index contributed by atoms with van der Waals surface area (Å²) in [5.41, 5.74) is 5.47. The number of anilines is 2. The number of benzene rings is 2. The lowest BCUT2D eigenvalue weighted by Crippen LogP contribution is -2.18. The molecule has 2 N–H and O–H groups in total. The number of carbonyl (C=O) groups excluding carboxylic acids is 1. The van der Waals surface area contributed by atoms with Gasteiger partial charge in [-0.05, 0) is 37.0 Å². The largest absolute Gasteiger partial charge is 0.369 e. The number of hydrogen-bond donors (Lipinski definition) is 2. The first-order valence-electron chi connectivity index (χ1n) is 10.5. The first-order valence-corrected chi connectivity index (χ1v) is 11.3. The van der Waals surface area contributed by atoms with Gasteiger partial charge < -0.3 is 10.6 Å². The van der Waals surface area contributed by atoms with Crippen molar-refractivity contribution < 1.29 is 4.79 Å². The predicted molar refractivity (Wildman–Crippen MR) is 130 cm³/mol. The number of nitrogens with zero attached hydrogens (tertiary/aromatic N) is 2. The monoisotopic (exact) mass is 430 g/mol. The van der Waals surface area contributed by atoms with E-state index < -0.39 is 0 Å². The molecule has 0 aliphatic rings. The summed E-state index contributed by atoms with van der Waals surface area (Å²) in [5.74, 6) is 0.762. The van der Waals surface area contributed by atoms with Gasteiger partial charge in [0.2, 0.25) is 5.91 Å². The SMILES string of the molecule is CCc1cccc(C)c1NC(=O)CCNc1ncnc2sc(C)c(-c3ccccc3)c12. The molecule has 4 aromatic rings. The van der Waals surface area contributed by atoms with Crippen LogP contribution in [0.2, 0.25) is 0 Å². The molecule has 0 aliphatic heterocycles. The number of rotatable bonds is 7. The Hall–Kier alpha value is -3.25. The first-order chi connectivity index (χ1) is 15.1. The molecule has 0 saturated heterocycles. The van der Waals surface area contributed by atoms with E-state index in [-0.39, 0.29) is 5.91 Å². The molecule has 0 aliphatic carbocycles. The van der Waals surface area contributed by atoms with E-state index in [2.05, 4.69) is 52.6 Å². The normalized spacial score (nSPS) is 10.9. The maximum Gasteiger partial charge on any atom is 0.226 e. The molecule has 2 heterocycles. The third kappa shape index (κ3) is 4.44. The topological polar surface area (TPSA) is 66.9 Å². The fourth-order valence-corrected chi connectivity index (χ4v) is 4.84. The van der Waals surface area contributed by atoms with Gasteiger partial charge in [-0.15, -0.1) is 11.3 Å². The molecular formula is C25H26N4OS. The lowest BCUT2D eigenvalue weighted by molar-refractivity contribution is -0.115. The van der Waals surface area contributed by atoms with Crippen molar-refractivity contribution in [1.82, 2.24) is 9.97 Å². The summed E-state index contributed by atoms with van der Waals surface area (Å²) in [6, 6.07) is 16.4. The van der Waals surface area contributed by atoms with Crippen molar-refractivity contribution >= 4 is 39.0 Å². The van der Waals surface area contributed by atoms with Gasteiger partial charge in [0.1, 0.15) is 17.0 Å². The van der Waals surface area contributed by atoms with Crippen LogP contribution in [0.25, 0.3) is 21.3 Å². The molecule has 5 nitrogen and oxygen atoms in total. The van der Waals surface area contributed by atoms with E-state index in [0.717, 1.165) is 50.4 Å². The number of aryl methyl sites for hydroxylation is 3. The number of para-hydroxylation sites is 1. The van der Waals surface area contributed by atoms with Crippen LogP contribution in [0.1, 0.15) is 29.3 Å². The lowest BCUT2D eigenvalue weighted by atomic mass is 10.0. The number of fused-ring (bicyclic) bond motifs is 1. The maximum absolute atomic E-state index is 12.6. The highest BCUT2D eigenvalue weighted by Gasteiger charge is 2.17. The van der Waals surface area contributed by atoms with Crippen molar-refractivity contribution in [3.8, 4) is 11.1 Å². The number of carbonyl (C=O) groups is 1. The molecule has 0 fully saturated rings. The predicted octanol–water partition coefficient (Wildman–Crippen LogP) is 5.98. The second-order valence-electron chi connectivity index (χ2n) is 7.49. The molecule has 0 bridgehead atoms. The third-order valence-electron chi connectivity index (χ3n) is 5.38. The van der Waals surface area contributed by atoms with Crippen LogP contribution >= 0.6 is 11.3 Å². The van der Waals surface area contributed by atoms with E-state index >= 15 is 0 Å². The van der Waals surface area contributed by atoms with Crippen LogP contribution in [0, 0.1) is 13.8 Å². The van der Waals surface area contributed by atoms with Crippen LogP contribution in [0.15, 0.2) is 54.9 Å². The lowest BCUT2D eigenvalue weighted by Gasteiger charge is -2.13. The Morgan fingerprint density at radius 2 is 1.84 bits per heavy atom. The zero-order valence-corrected chi connectivity index (χ0v) is 18.8. The highest BCUT2D eigenvalue weighted by atomic mass is 32.1. The van der Waals surface area contributed by atoms with Gasteiger partial charge in [0, 0.05) is 29.1 Å². The average Bonchev–Trinajstić information content (AvgIpc) is 3.12. The molecule has 0 spiro atoms. The number of nitrogens with one attached hydrogen (secondary N) is 2. The molecule has 6 heteroatoms. The van der Waals surface area contributed by atoms with Crippen molar-refractivity contribution in [2.75, 3.05) is 17.2 Å². The fourth-order valence-electron chi connectivity index (χ4n) is 3.83. The highest BCUT2D eigenvalue weighted by molar-refractivity contribution is 7.19. The van der Waals surface area contributed by atoms with E-state index in [1.54, 1.807) is 17.7 Å². The standard InChI is InChI=1S/C25H26N4OS/c1-4-18-12-8-9-16(2)23(18)29-20(30)13-14-26-24-22-21(19-10-6-5-7-11-19)17(3)31-25(22)28-15-27-24/h5-12,15H,4,13-14H2,1-3H3,(H,29,30)(H,26,27,28). The maximum atomic E-state index is 12.6. The number of hydrogen-bond acceptors (Lipinski definition) is 5. The minimum Gasteiger partial charge on any atom is -0.369 e. The van der Waals surface area contributed by atoms with Crippen LogP contribution in [-0.4, -0.2) is 22.4 Å². The molecule has 0 radical (unpaired) electrons. The molecule has 158 valence electrons. The molecule has 31 heavy (non-hydrogen) atoms. The van der Waals surface area contributed by atoms with E-state index in [0.29, 0.717) is 13.0 Å². The van der Waals surface area contributed by atoms with Crippen LogP contribution in [0.3, 0.4) is 0 Å². The second-order valence-corrected chi connectivity index (χ2v) is 8.69. The van der Waals surface area contributed by atoms with Crippen LogP contribution in [0.5, 0.6) is 0 Å². The number of thiophene rings is 1. The zero-order chi connectivity index (χ0) is 21.8. The van der Waals surface area contributed by atoms with Crippen molar-refractivity contribution in [2.24, 2.45) is 0 Å². The Labute approximate surface area is 186 Å². The average molecular weight is 431 g/mol.